The van der Waals surface area contributed by atoms with Gasteiger partial charge < -0.3 is 0 Å². The summed E-state index contributed by atoms with van der Waals surface area (Å²) in [6.45, 7) is 8.69. The Balaban J connectivity index is 2.53. The van der Waals surface area contributed by atoms with Gasteiger partial charge in [-0.15, -0.1) is 0 Å². The van der Waals surface area contributed by atoms with E-state index >= 15 is 0 Å². The molecule has 0 amide bonds. The first kappa shape index (κ1) is 14.7. The standard InChI is InChI=1S/C17H23N3/c1-12-9-13(11-19-10-12)16(20-18)14-7-5-6-8-15(14)17(2,3)4/h5-11,16,20H,18H2,1-4H3. The SMILES string of the molecule is Cc1cncc(C(NN)c2ccccc2C(C)(C)C)c1. The van der Waals surface area contributed by atoms with Gasteiger partial charge in [0.25, 0.3) is 0 Å². The Hall–Kier alpha value is -1.71. The fourth-order valence-corrected chi connectivity index (χ4v) is 2.53. The van der Waals surface area contributed by atoms with E-state index < -0.39 is 0 Å². The number of aryl methyl sites for hydroxylation is 1. The summed E-state index contributed by atoms with van der Waals surface area (Å²) in [5.41, 5.74) is 7.73. The molecule has 106 valence electrons. The first-order valence-corrected chi connectivity index (χ1v) is 6.90. The minimum atomic E-state index is -0.0437. The molecule has 0 aliphatic rings. The van der Waals surface area contributed by atoms with Crippen LogP contribution in [0, 0.1) is 6.92 Å². The van der Waals surface area contributed by atoms with Crippen LogP contribution in [0.3, 0.4) is 0 Å². The number of rotatable bonds is 3. The Labute approximate surface area is 121 Å². The monoisotopic (exact) mass is 269 g/mol. The molecule has 0 aliphatic carbocycles. The Bertz CT molecular complexity index is 585. The smallest absolute Gasteiger partial charge is 0.0727 e. The van der Waals surface area contributed by atoms with Crippen LogP contribution in [0.5, 0.6) is 0 Å². The summed E-state index contributed by atoms with van der Waals surface area (Å²) in [5.74, 6) is 5.82. The highest BCUT2D eigenvalue weighted by Crippen LogP contribution is 2.32. The molecule has 1 heterocycles. The predicted octanol–water partition coefficient (Wildman–Crippen LogP) is 3.24. The van der Waals surface area contributed by atoms with Gasteiger partial charge in [-0.05, 0) is 34.6 Å². The number of benzene rings is 1. The van der Waals surface area contributed by atoms with Crippen molar-refractivity contribution in [2.45, 2.75) is 39.2 Å². The van der Waals surface area contributed by atoms with E-state index in [-0.39, 0.29) is 11.5 Å². The maximum Gasteiger partial charge on any atom is 0.0727 e. The molecule has 2 aromatic rings. The largest absolute Gasteiger partial charge is 0.271 e. The second-order valence-electron chi connectivity index (χ2n) is 6.23. The summed E-state index contributed by atoms with van der Waals surface area (Å²) >= 11 is 0. The number of hydrazine groups is 1. The van der Waals surface area contributed by atoms with Crippen molar-refractivity contribution in [1.82, 2.24) is 10.4 Å². The average molecular weight is 269 g/mol. The molecule has 1 unspecified atom stereocenters. The summed E-state index contributed by atoms with van der Waals surface area (Å²) < 4.78 is 0. The molecule has 3 heteroatoms. The molecule has 20 heavy (non-hydrogen) atoms. The Morgan fingerprint density at radius 2 is 1.85 bits per heavy atom. The summed E-state index contributed by atoms with van der Waals surface area (Å²) in [6, 6.07) is 10.5. The minimum Gasteiger partial charge on any atom is -0.271 e. The van der Waals surface area contributed by atoms with Crippen LogP contribution < -0.4 is 11.3 Å². The van der Waals surface area contributed by atoms with Gasteiger partial charge in [0, 0.05) is 12.4 Å². The molecule has 0 saturated carbocycles. The summed E-state index contributed by atoms with van der Waals surface area (Å²) in [7, 11) is 0. The molecular weight excluding hydrogens is 246 g/mol. The van der Waals surface area contributed by atoms with E-state index in [9.17, 15) is 0 Å². The van der Waals surface area contributed by atoms with E-state index in [4.69, 9.17) is 5.84 Å². The van der Waals surface area contributed by atoms with Crippen molar-refractivity contribution in [2.75, 3.05) is 0 Å². The topological polar surface area (TPSA) is 50.9 Å². The van der Waals surface area contributed by atoms with Gasteiger partial charge in [-0.3, -0.25) is 10.8 Å². The number of pyridine rings is 1. The average Bonchev–Trinajstić information content (AvgIpc) is 2.39. The van der Waals surface area contributed by atoms with Gasteiger partial charge in [-0.25, -0.2) is 5.43 Å². The maximum atomic E-state index is 5.82. The van der Waals surface area contributed by atoms with Gasteiger partial charge in [0.15, 0.2) is 0 Å². The van der Waals surface area contributed by atoms with Crippen LogP contribution in [0.4, 0.5) is 0 Å². The molecule has 1 aromatic heterocycles. The van der Waals surface area contributed by atoms with Crippen molar-refractivity contribution in [2.24, 2.45) is 5.84 Å². The van der Waals surface area contributed by atoms with Crippen molar-refractivity contribution < 1.29 is 0 Å². The molecule has 1 atom stereocenters. The molecule has 2 rings (SSSR count). The Morgan fingerprint density at radius 1 is 1.15 bits per heavy atom. The van der Waals surface area contributed by atoms with E-state index in [1.54, 1.807) is 0 Å². The maximum absolute atomic E-state index is 5.82. The fourth-order valence-electron chi connectivity index (χ4n) is 2.53. The lowest BCUT2D eigenvalue weighted by molar-refractivity contribution is 0.557. The normalized spacial score (nSPS) is 13.2. The van der Waals surface area contributed by atoms with Crippen molar-refractivity contribution in [3.63, 3.8) is 0 Å². The van der Waals surface area contributed by atoms with Gasteiger partial charge in [-0.1, -0.05) is 51.1 Å². The van der Waals surface area contributed by atoms with E-state index in [0.717, 1.165) is 11.1 Å². The molecule has 0 fully saturated rings. The van der Waals surface area contributed by atoms with E-state index in [1.807, 2.05) is 19.3 Å². The molecule has 0 bridgehead atoms. The highest BCUT2D eigenvalue weighted by Gasteiger charge is 2.23. The third kappa shape index (κ3) is 3.06. The highest BCUT2D eigenvalue weighted by molar-refractivity contribution is 5.40. The third-order valence-corrected chi connectivity index (χ3v) is 3.48. The minimum absolute atomic E-state index is 0.0437. The van der Waals surface area contributed by atoms with Crippen LogP contribution >= 0.6 is 0 Å². The van der Waals surface area contributed by atoms with Crippen LogP contribution in [0.15, 0.2) is 42.7 Å². The van der Waals surface area contributed by atoms with Crippen LogP contribution in [-0.4, -0.2) is 4.98 Å². The number of nitrogens with one attached hydrogen (secondary N) is 1. The zero-order chi connectivity index (χ0) is 14.8. The summed E-state index contributed by atoms with van der Waals surface area (Å²) in [5, 5.41) is 0. The number of hydrogen-bond donors (Lipinski definition) is 2. The fraction of sp³-hybridized carbons (Fsp3) is 0.353. The third-order valence-electron chi connectivity index (χ3n) is 3.48. The van der Waals surface area contributed by atoms with Crippen LogP contribution in [0.25, 0.3) is 0 Å². The first-order chi connectivity index (χ1) is 9.43. The molecular formula is C17H23N3. The molecule has 0 radical (unpaired) electrons. The number of aromatic nitrogens is 1. The van der Waals surface area contributed by atoms with Crippen molar-refractivity contribution >= 4 is 0 Å². The Morgan fingerprint density at radius 3 is 2.45 bits per heavy atom. The quantitative estimate of drug-likeness (QED) is 0.664. The molecule has 3 N–H and O–H groups in total. The van der Waals surface area contributed by atoms with Crippen molar-refractivity contribution in [1.29, 1.82) is 0 Å². The number of nitrogens with zero attached hydrogens (tertiary/aromatic N) is 1. The van der Waals surface area contributed by atoms with E-state index in [0.29, 0.717) is 0 Å². The van der Waals surface area contributed by atoms with Gasteiger partial charge in [-0.2, -0.15) is 0 Å². The predicted molar refractivity (Wildman–Crippen MR) is 83.3 cm³/mol. The molecule has 0 saturated heterocycles. The number of hydrogen-bond acceptors (Lipinski definition) is 3. The lowest BCUT2D eigenvalue weighted by atomic mass is 9.81. The molecule has 3 nitrogen and oxygen atoms in total. The Kier molecular flexibility index (Phi) is 4.21. The second kappa shape index (κ2) is 5.73. The van der Waals surface area contributed by atoms with Crippen molar-refractivity contribution in [3.8, 4) is 0 Å². The van der Waals surface area contributed by atoms with Gasteiger partial charge in [0.2, 0.25) is 0 Å². The summed E-state index contributed by atoms with van der Waals surface area (Å²) in [4.78, 5) is 4.27. The van der Waals surface area contributed by atoms with Gasteiger partial charge in [0.1, 0.15) is 0 Å². The van der Waals surface area contributed by atoms with Crippen molar-refractivity contribution in [3.05, 3.63) is 65.0 Å². The highest BCUT2D eigenvalue weighted by atomic mass is 15.2. The molecule has 0 spiro atoms. The van der Waals surface area contributed by atoms with E-state index in [1.165, 1.54) is 11.1 Å². The lowest BCUT2D eigenvalue weighted by Gasteiger charge is -2.27. The van der Waals surface area contributed by atoms with Crippen LogP contribution in [-0.2, 0) is 5.41 Å². The van der Waals surface area contributed by atoms with Gasteiger partial charge >= 0.3 is 0 Å². The second-order valence-corrected chi connectivity index (χ2v) is 6.23. The lowest BCUT2D eigenvalue weighted by Crippen LogP contribution is -2.31. The number of nitrogens with two attached hydrogens (primary N) is 1. The van der Waals surface area contributed by atoms with Gasteiger partial charge in [0.05, 0.1) is 6.04 Å². The summed E-state index contributed by atoms with van der Waals surface area (Å²) in [6.07, 6.45) is 3.73. The first-order valence-electron chi connectivity index (χ1n) is 6.90. The zero-order valence-electron chi connectivity index (χ0n) is 12.6. The van der Waals surface area contributed by atoms with Crippen LogP contribution in [0.1, 0.15) is 49.1 Å². The van der Waals surface area contributed by atoms with E-state index in [2.05, 4.69) is 61.5 Å². The molecule has 0 aliphatic heterocycles. The zero-order valence-corrected chi connectivity index (χ0v) is 12.6. The molecule has 1 aromatic carbocycles. The van der Waals surface area contributed by atoms with Crippen LogP contribution in [0.2, 0.25) is 0 Å².